The van der Waals surface area contributed by atoms with Crippen molar-refractivity contribution in [3.05, 3.63) is 24.3 Å². The zero-order valence-corrected chi connectivity index (χ0v) is 12.3. The second kappa shape index (κ2) is 5.41. The summed E-state index contributed by atoms with van der Waals surface area (Å²) >= 11 is 0. The Morgan fingerprint density at radius 3 is 2.63 bits per heavy atom. The monoisotopic (exact) mass is 262 g/mol. The molecule has 3 nitrogen and oxygen atoms in total. The van der Waals surface area contributed by atoms with Crippen molar-refractivity contribution in [3.63, 3.8) is 0 Å². The number of rotatable bonds is 4. The lowest BCUT2D eigenvalue weighted by Crippen LogP contribution is -2.51. The average molecular weight is 262 g/mol. The number of hydrogen-bond acceptors (Lipinski definition) is 3. The van der Waals surface area contributed by atoms with E-state index in [0.717, 1.165) is 24.3 Å². The predicted octanol–water partition coefficient (Wildman–Crippen LogP) is 3.40. The van der Waals surface area contributed by atoms with Crippen LogP contribution in [0.2, 0.25) is 0 Å². The number of nitrogens with one attached hydrogen (secondary N) is 1. The quantitative estimate of drug-likeness (QED) is 0.874. The fourth-order valence-corrected chi connectivity index (χ4v) is 3.36. The van der Waals surface area contributed by atoms with Gasteiger partial charge in [0.05, 0.1) is 18.3 Å². The van der Waals surface area contributed by atoms with Crippen molar-refractivity contribution in [1.82, 2.24) is 0 Å². The third kappa shape index (κ3) is 3.21. The van der Waals surface area contributed by atoms with Gasteiger partial charge in [-0.25, -0.2) is 0 Å². The van der Waals surface area contributed by atoms with Gasteiger partial charge >= 0.3 is 0 Å². The van der Waals surface area contributed by atoms with Gasteiger partial charge < -0.3 is 15.8 Å². The van der Waals surface area contributed by atoms with E-state index in [-0.39, 0.29) is 5.54 Å². The molecule has 0 spiro atoms. The minimum Gasteiger partial charge on any atom is -0.495 e. The Morgan fingerprint density at radius 2 is 2.00 bits per heavy atom. The Kier molecular flexibility index (Phi) is 4.04. The van der Waals surface area contributed by atoms with Gasteiger partial charge in [-0.15, -0.1) is 0 Å². The lowest BCUT2D eigenvalue weighted by molar-refractivity contribution is 0.170. The molecule has 1 atom stereocenters. The molecule has 1 unspecified atom stereocenters. The summed E-state index contributed by atoms with van der Waals surface area (Å²) in [4.78, 5) is 0. The molecule has 0 bridgehead atoms. The van der Waals surface area contributed by atoms with E-state index in [1.54, 1.807) is 7.11 Å². The highest BCUT2D eigenvalue weighted by atomic mass is 16.5. The average Bonchev–Trinajstić information content (AvgIpc) is 2.38. The Bertz CT molecular complexity index is 431. The normalized spacial score (nSPS) is 25.9. The van der Waals surface area contributed by atoms with Crippen molar-refractivity contribution in [3.8, 4) is 5.75 Å². The summed E-state index contributed by atoms with van der Waals surface area (Å²) < 4.78 is 5.43. The molecule has 0 radical (unpaired) electrons. The van der Waals surface area contributed by atoms with Gasteiger partial charge in [-0.1, -0.05) is 32.4 Å². The highest BCUT2D eigenvalue weighted by molar-refractivity contribution is 5.58. The molecular formula is C16H26N2O. The van der Waals surface area contributed by atoms with Crippen LogP contribution in [0.25, 0.3) is 0 Å². The summed E-state index contributed by atoms with van der Waals surface area (Å²) in [6.07, 6.45) is 4.74. The third-order valence-corrected chi connectivity index (χ3v) is 4.22. The molecule has 0 amide bonds. The third-order valence-electron chi connectivity index (χ3n) is 4.22. The summed E-state index contributed by atoms with van der Waals surface area (Å²) in [5, 5.41) is 3.67. The molecule has 106 valence electrons. The van der Waals surface area contributed by atoms with E-state index in [1.165, 1.54) is 12.8 Å². The Balaban J connectivity index is 2.23. The van der Waals surface area contributed by atoms with Crippen LogP contribution in [0, 0.1) is 5.41 Å². The van der Waals surface area contributed by atoms with E-state index in [4.69, 9.17) is 10.5 Å². The first-order valence-electron chi connectivity index (χ1n) is 7.12. The van der Waals surface area contributed by atoms with Crippen LogP contribution in [-0.4, -0.2) is 19.2 Å². The molecule has 0 heterocycles. The van der Waals surface area contributed by atoms with Gasteiger partial charge in [-0.3, -0.25) is 0 Å². The van der Waals surface area contributed by atoms with Crippen LogP contribution in [0.1, 0.15) is 39.5 Å². The first kappa shape index (κ1) is 14.2. The van der Waals surface area contributed by atoms with Crippen LogP contribution < -0.4 is 15.8 Å². The molecule has 3 heteroatoms. The first-order valence-corrected chi connectivity index (χ1v) is 7.12. The minimum absolute atomic E-state index is 0.00359. The van der Waals surface area contributed by atoms with E-state index < -0.39 is 0 Å². The van der Waals surface area contributed by atoms with Gasteiger partial charge in [0.25, 0.3) is 0 Å². The van der Waals surface area contributed by atoms with Crippen molar-refractivity contribution in [2.75, 3.05) is 19.0 Å². The van der Waals surface area contributed by atoms with Crippen molar-refractivity contribution >= 4 is 5.69 Å². The molecule has 0 aliphatic heterocycles. The van der Waals surface area contributed by atoms with E-state index >= 15 is 0 Å². The molecule has 2 rings (SSSR count). The molecule has 1 aliphatic carbocycles. The summed E-state index contributed by atoms with van der Waals surface area (Å²) in [7, 11) is 1.71. The molecule has 1 fully saturated rings. The maximum Gasteiger partial charge on any atom is 0.141 e. The molecule has 1 aromatic rings. The first-order chi connectivity index (χ1) is 9.00. The second-order valence-electron chi connectivity index (χ2n) is 6.50. The number of benzene rings is 1. The lowest BCUT2D eigenvalue weighted by Gasteiger charge is -2.45. The highest BCUT2D eigenvalue weighted by Gasteiger charge is 2.39. The predicted molar refractivity (Wildman–Crippen MR) is 80.7 cm³/mol. The largest absolute Gasteiger partial charge is 0.495 e. The number of ether oxygens (including phenoxy) is 1. The van der Waals surface area contributed by atoms with E-state index in [9.17, 15) is 0 Å². The number of nitrogens with two attached hydrogens (primary N) is 1. The van der Waals surface area contributed by atoms with Crippen molar-refractivity contribution in [2.24, 2.45) is 11.1 Å². The SMILES string of the molecule is COc1ccccc1NC1(CN)CCCC(C)(C)C1. The Hall–Kier alpha value is -1.22. The molecule has 1 aliphatic rings. The Morgan fingerprint density at radius 1 is 1.26 bits per heavy atom. The zero-order valence-electron chi connectivity index (χ0n) is 12.3. The summed E-state index contributed by atoms with van der Waals surface area (Å²) in [6, 6.07) is 8.07. The summed E-state index contributed by atoms with van der Waals surface area (Å²) in [5.41, 5.74) is 7.49. The minimum atomic E-state index is -0.00359. The number of para-hydroxylation sites is 2. The molecule has 0 saturated heterocycles. The molecule has 19 heavy (non-hydrogen) atoms. The van der Waals surface area contributed by atoms with Gasteiger partial charge in [0.2, 0.25) is 0 Å². The van der Waals surface area contributed by atoms with Crippen LogP contribution in [-0.2, 0) is 0 Å². The lowest BCUT2D eigenvalue weighted by atomic mass is 9.68. The number of hydrogen-bond donors (Lipinski definition) is 2. The van der Waals surface area contributed by atoms with Gasteiger partial charge in [0, 0.05) is 6.54 Å². The van der Waals surface area contributed by atoms with Crippen LogP contribution in [0.5, 0.6) is 5.75 Å². The maximum absolute atomic E-state index is 6.10. The van der Waals surface area contributed by atoms with Crippen LogP contribution in [0.4, 0.5) is 5.69 Å². The van der Waals surface area contributed by atoms with Crippen molar-refractivity contribution in [1.29, 1.82) is 0 Å². The fraction of sp³-hybridized carbons (Fsp3) is 0.625. The summed E-state index contributed by atoms with van der Waals surface area (Å²) in [5.74, 6) is 0.888. The molecule has 0 aromatic heterocycles. The van der Waals surface area contributed by atoms with Crippen molar-refractivity contribution in [2.45, 2.75) is 45.1 Å². The smallest absolute Gasteiger partial charge is 0.141 e. The van der Waals surface area contributed by atoms with Gasteiger partial charge in [0.1, 0.15) is 5.75 Å². The molecule has 3 N–H and O–H groups in total. The van der Waals surface area contributed by atoms with E-state index in [2.05, 4.69) is 25.2 Å². The van der Waals surface area contributed by atoms with Crippen LogP contribution in [0.15, 0.2) is 24.3 Å². The van der Waals surface area contributed by atoms with Gasteiger partial charge in [-0.2, -0.15) is 0 Å². The highest BCUT2D eigenvalue weighted by Crippen LogP contribution is 2.43. The fourth-order valence-electron chi connectivity index (χ4n) is 3.36. The van der Waals surface area contributed by atoms with Crippen LogP contribution in [0.3, 0.4) is 0 Å². The standard InChI is InChI=1S/C16H26N2O/c1-15(2)9-6-10-16(11-15,12-17)18-13-7-4-5-8-14(13)19-3/h4-5,7-8,18H,6,9-12,17H2,1-3H3. The second-order valence-corrected chi connectivity index (χ2v) is 6.50. The zero-order chi connectivity index (χ0) is 13.9. The number of methoxy groups -OCH3 is 1. The molecule has 1 saturated carbocycles. The van der Waals surface area contributed by atoms with E-state index in [1.807, 2.05) is 18.2 Å². The maximum atomic E-state index is 6.10. The molecule has 1 aromatic carbocycles. The summed E-state index contributed by atoms with van der Waals surface area (Å²) in [6.45, 7) is 5.33. The van der Waals surface area contributed by atoms with Crippen molar-refractivity contribution < 1.29 is 4.74 Å². The topological polar surface area (TPSA) is 47.3 Å². The van der Waals surface area contributed by atoms with Gasteiger partial charge in [-0.05, 0) is 36.8 Å². The Labute approximate surface area is 116 Å². The van der Waals surface area contributed by atoms with Gasteiger partial charge in [0.15, 0.2) is 0 Å². The van der Waals surface area contributed by atoms with Crippen LogP contribution >= 0.6 is 0 Å². The molecular weight excluding hydrogens is 236 g/mol. The van der Waals surface area contributed by atoms with E-state index in [0.29, 0.717) is 12.0 Å². The number of anilines is 1.